The number of amides is 3. The molecule has 3 amide bonds. The van der Waals surface area contributed by atoms with E-state index in [2.05, 4.69) is 17.6 Å². The van der Waals surface area contributed by atoms with Crippen LogP contribution >= 0.6 is 0 Å². The monoisotopic (exact) mass is 511 g/mol. The van der Waals surface area contributed by atoms with Gasteiger partial charge in [-0.25, -0.2) is 4.79 Å². The lowest BCUT2D eigenvalue weighted by molar-refractivity contribution is -0.145. The first-order chi connectivity index (χ1) is 17.3. The number of hydrogen-bond donors (Lipinski definition) is 2. The number of methoxy groups -OCH3 is 1. The SMILES string of the molecule is CCc1ccc(C(C(=O)Nc2ccc(OC)cc2)N(C(=O)CNC(=O)OC(C)(C)C)C(C)(C)CC)cc1. The summed E-state index contributed by atoms with van der Waals surface area (Å²) in [6.07, 6.45) is 0.748. The van der Waals surface area contributed by atoms with Crippen molar-refractivity contribution in [2.75, 3.05) is 19.0 Å². The molecule has 0 heterocycles. The Bertz CT molecular complexity index is 1060. The molecule has 2 rings (SSSR count). The molecule has 2 aromatic rings. The molecule has 0 aliphatic heterocycles. The predicted octanol–water partition coefficient (Wildman–Crippen LogP) is 5.48. The lowest BCUT2D eigenvalue weighted by Crippen LogP contribution is -2.55. The maximum absolute atomic E-state index is 13.8. The smallest absolute Gasteiger partial charge is 0.408 e. The van der Waals surface area contributed by atoms with Gasteiger partial charge in [-0.15, -0.1) is 0 Å². The number of nitrogens with zero attached hydrogens (tertiary/aromatic N) is 1. The van der Waals surface area contributed by atoms with Crippen LogP contribution in [0.15, 0.2) is 48.5 Å². The number of nitrogens with one attached hydrogen (secondary N) is 2. The molecule has 1 atom stereocenters. The molecule has 0 radical (unpaired) electrons. The number of rotatable bonds is 10. The molecule has 0 aliphatic carbocycles. The summed E-state index contributed by atoms with van der Waals surface area (Å²) in [5.74, 6) is -0.0874. The van der Waals surface area contributed by atoms with Crippen LogP contribution in [0.3, 0.4) is 0 Å². The Labute approximate surface area is 220 Å². The number of hydrogen-bond acceptors (Lipinski definition) is 5. The normalized spacial score (nSPS) is 12.3. The Hall–Kier alpha value is -3.55. The van der Waals surface area contributed by atoms with E-state index in [9.17, 15) is 14.4 Å². The first-order valence-corrected chi connectivity index (χ1v) is 12.6. The van der Waals surface area contributed by atoms with Crippen molar-refractivity contribution in [3.8, 4) is 5.75 Å². The summed E-state index contributed by atoms with van der Waals surface area (Å²) in [7, 11) is 1.57. The van der Waals surface area contributed by atoms with Crippen LogP contribution in [0.5, 0.6) is 5.75 Å². The maximum atomic E-state index is 13.8. The number of alkyl carbamates (subject to hydrolysis) is 1. The molecule has 8 nitrogen and oxygen atoms in total. The van der Waals surface area contributed by atoms with Crippen molar-refractivity contribution < 1.29 is 23.9 Å². The average molecular weight is 512 g/mol. The summed E-state index contributed by atoms with van der Waals surface area (Å²) in [4.78, 5) is 41.3. The molecule has 202 valence electrons. The number of benzene rings is 2. The Morgan fingerprint density at radius 1 is 0.919 bits per heavy atom. The molecule has 0 spiro atoms. The van der Waals surface area contributed by atoms with E-state index < -0.39 is 29.2 Å². The van der Waals surface area contributed by atoms with Crippen LogP contribution in [0.2, 0.25) is 0 Å². The predicted molar refractivity (Wildman–Crippen MR) is 146 cm³/mol. The van der Waals surface area contributed by atoms with Crippen molar-refractivity contribution >= 4 is 23.6 Å². The van der Waals surface area contributed by atoms with E-state index in [0.29, 0.717) is 23.4 Å². The number of anilines is 1. The first kappa shape index (κ1) is 29.7. The highest BCUT2D eigenvalue weighted by atomic mass is 16.6. The van der Waals surface area contributed by atoms with Crippen LogP contribution in [0.4, 0.5) is 10.5 Å². The van der Waals surface area contributed by atoms with Crippen molar-refractivity contribution in [1.29, 1.82) is 0 Å². The second kappa shape index (κ2) is 12.6. The van der Waals surface area contributed by atoms with E-state index in [4.69, 9.17) is 9.47 Å². The molecule has 0 aromatic heterocycles. The summed E-state index contributed by atoms with van der Waals surface area (Å²) in [5, 5.41) is 5.49. The fourth-order valence-electron chi connectivity index (χ4n) is 3.79. The molecule has 0 saturated carbocycles. The van der Waals surface area contributed by atoms with E-state index in [1.165, 1.54) is 0 Å². The minimum absolute atomic E-state index is 0.308. The van der Waals surface area contributed by atoms with Gasteiger partial charge in [0.15, 0.2) is 0 Å². The summed E-state index contributed by atoms with van der Waals surface area (Å²) in [6, 6.07) is 13.7. The third kappa shape index (κ3) is 8.51. The van der Waals surface area contributed by atoms with Crippen molar-refractivity contribution in [1.82, 2.24) is 10.2 Å². The molecule has 0 bridgehead atoms. The van der Waals surface area contributed by atoms with Gasteiger partial charge in [-0.3, -0.25) is 9.59 Å². The molecular weight excluding hydrogens is 470 g/mol. The molecular formula is C29H41N3O5. The summed E-state index contributed by atoms with van der Waals surface area (Å²) >= 11 is 0. The van der Waals surface area contributed by atoms with E-state index >= 15 is 0 Å². The van der Waals surface area contributed by atoms with Crippen LogP contribution in [0.1, 0.15) is 72.1 Å². The van der Waals surface area contributed by atoms with E-state index in [1.807, 2.05) is 45.0 Å². The van der Waals surface area contributed by atoms with Crippen LogP contribution < -0.4 is 15.4 Å². The largest absolute Gasteiger partial charge is 0.497 e. The van der Waals surface area contributed by atoms with Gasteiger partial charge in [0.05, 0.1) is 7.11 Å². The molecule has 37 heavy (non-hydrogen) atoms. The van der Waals surface area contributed by atoms with Gasteiger partial charge in [-0.1, -0.05) is 38.1 Å². The molecule has 8 heteroatoms. The highest BCUT2D eigenvalue weighted by Gasteiger charge is 2.40. The molecule has 0 fully saturated rings. The fourth-order valence-corrected chi connectivity index (χ4v) is 3.79. The summed E-state index contributed by atoms with van der Waals surface area (Å²) in [5.41, 5.74) is 0.984. The lowest BCUT2D eigenvalue weighted by Gasteiger charge is -2.43. The van der Waals surface area contributed by atoms with E-state index in [-0.39, 0.29) is 12.5 Å². The Kier molecular flexibility index (Phi) is 10.1. The van der Waals surface area contributed by atoms with Crippen LogP contribution in [0, 0.1) is 0 Å². The third-order valence-corrected chi connectivity index (χ3v) is 6.14. The summed E-state index contributed by atoms with van der Waals surface area (Å²) < 4.78 is 10.5. The van der Waals surface area contributed by atoms with Gasteiger partial charge in [0.2, 0.25) is 5.91 Å². The van der Waals surface area contributed by atoms with Gasteiger partial charge in [-0.05, 0) is 82.9 Å². The summed E-state index contributed by atoms with van der Waals surface area (Å²) in [6.45, 7) is 12.8. The zero-order chi connectivity index (χ0) is 27.8. The second-order valence-electron chi connectivity index (χ2n) is 10.5. The zero-order valence-electron chi connectivity index (χ0n) is 23.3. The zero-order valence-corrected chi connectivity index (χ0v) is 23.3. The number of carbonyl (C=O) groups is 3. The number of carbonyl (C=O) groups excluding carboxylic acids is 3. The Balaban J connectivity index is 2.45. The van der Waals surface area contributed by atoms with Gasteiger partial charge in [0.25, 0.3) is 5.91 Å². The fraction of sp³-hybridized carbons (Fsp3) is 0.483. The Morgan fingerprint density at radius 3 is 2.00 bits per heavy atom. The minimum Gasteiger partial charge on any atom is -0.497 e. The van der Waals surface area contributed by atoms with Crippen molar-refractivity contribution in [2.24, 2.45) is 0 Å². The van der Waals surface area contributed by atoms with Gasteiger partial charge in [0.1, 0.15) is 23.9 Å². The van der Waals surface area contributed by atoms with Crippen molar-refractivity contribution in [3.63, 3.8) is 0 Å². The highest BCUT2D eigenvalue weighted by Crippen LogP contribution is 2.32. The maximum Gasteiger partial charge on any atom is 0.408 e. The standard InChI is InChI=1S/C29H41N3O5/c1-9-20-11-13-21(14-12-20)25(26(34)31-22-15-17-23(36-8)18-16-22)32(29(6,7)10-2)24(33)19-30-27(35)37-28(3,4)5/h11-18,25H,9-10,19H2,1-8H3,(H,30,35)(H,31,34). The van der Waals surface area contributed by atoms with Crippen LogP contribution in [0.25, 0.3) is 0 Å². The van der Waals surface area contributed by atoms with Crippen LogP contribution in [-0.4, -0.2) is 47.6 Å². The average Bonchev–Trinajstić information content (AvgIpc) is 2.85. The Morgan fingerprint density at radius 2 is 1.51 bits per heavy atom. The second-order valence-corrected chi connectivity index (χ2v) is 10.5. The van der Waals surface area contributed by atoms with Crippen LogP contribution in [-0.2, 0) is 20.7 Å². The molecule has 0 saturated heterocycles. The van der Waals surface area contributed by atoms with Gasteiger partial charge in [-0.2, -0.15) is 0 Å². The van der Waals surface area contributed by atoms with Gasteiger partial charge >= 0.3 is 6.09 Å². The molecule has 2 N–H and O–H groups in total. The number of ether oxygens (including phenoxy) is 2. The molecule has 2 aromatic carbocycles. The minimum atomic E-state index is -0.934. The van der Waals surface area contributed by atoms with Gasteiger partial charge < -0.3 is 25.0 Å². The topological polar surface area (TPSA) is 97.0 Å². The van der Waals surface area contributed by atoms with Crippen molar-refractivity contribution in [2.45, 2.75) is 78.5 Å². The molecule has 1 unspecified atom stereocenters. The van der Waals surface area contributed by atoms with E-state index in [1.54, 1.807) is 57.0 Å². The van der Waals surface area contributed by atoms with Gasteiger partial charge in [0, 0.05) is 11.2 Å². The molecule has 0 aliphatic rings. The lowest BCUT2D eigenvalue weighted by atomic mass is 9.92. The third-order valence-electron chi connectivity index (χ3n) is 6.14. The first-order valence-electron chi connectivity index (χ1n) is 12.6. The quantitative estimate of drug-likeness (QED) is 0.440. The highest BCUT2D eigenvalue weighted by molar-refractivity contribution is 5.98. The van der Waals surface area contributed by atoms with Crippen molar-refractivity contribution in [3.05, 3.63) is 59.7 Å². The number of aryl methyl sites for hydroxylation is 1. The van der Waals surface area contributed by atoms with E-state index in [0.717, 1.165) is 12.0 Å².